The van der Waals surface area contributed by atoms with E-state index in [4.69, 9.17) is 9.47 Å². The van der Waals surface area contributed by atoms with Crippen molar-refractivity contribution in [1.82, 2.24) is 4.90 Å². The standard InChI is InChI=1S/C30H44N2O2/c1-4-33-29-17-9-25(10-18-29)31-26-11-19-30(20-12-26)34-22-21-32(27-13-5-23(2)6-14-27)28-15-7-24(3)8-16-28/h9-12,17-20,23-24,27-28,31H,4-8,13-16,21-22H2,1-3H3. The quantitative estimate of drug-likeness (QED) is 0.391. The van der Waals surface area contributed by atoms with Gasteiger partial charge in [-0.25, -0.2) is 0 Å². The average Bonchev–Trinajstić information content (AvgIpc) is 2.86. The van der Waals surface area contributed by atoms with E-state index in [1.807, 2.05) is 31.2 Å². The molecule has 4 heteroatoms. The van der Waals surface area contributed by atoms with E-state index in [9.17, 15) is 0 Å². The molecule has 34 heavy (non-hydrogen) atoms. The molecule has 0 aliphatic heterocycles. The molecule has 0 atom stereocenters. The first-order chi connectivity index (χ1) is 16.6. The molecule has 1 N–H and O–H groups in total. The number of ether oxygens (including phenoxy) is 2. The zero-order valence-corrected chi connectivity index (χ0v) is 21.5. The molecule has 2 aromatic rings. The van der Waals surface area contributed by atoms with Gasteiger partial charge in [0, 0.05) is 30.0 Å². The lowest BCUT2D eigenvalue weighted by molar-refractivity contribution is 0.0522. The van der Waals surface area contributed by atoms with Gasteiger partial charge < -0.3 is 14.8 Å². The maximum absolute atomic E-state index is 6.22. The Balaban J connectivity index is 1.28. The molecule has 0 unspecified atom stereocenters. The van der Waals surface area contributed by atoms with Gasteiger partial charge in [-0.15, -0.1) is 0 Å². The summed E-state index contributed by atoms with van der Waals surface area (Å²) in [5, 5.41) is 3.45. The van der Waals surface area contributed by atoms with E-state index in [0.29, 0.717) is 6.61 Å². The molecule has 0 amide bonds. The van der Waals surface area contributed by atoms with Crippen molar-refractivity contribution < 1.29 is 9.47 Å². The van der Waals surface area contributed by atoms with Gasteiger partial charge in [0.05, 0.1) is 6.61 Å². The molecule has 0 radical (unpaired) electrons. The highest BCUT2D eigenvalue weighted by molar-refractivity contribution is 5.61. The van der Waals surface area contributed by atoms with Crippen molar-refractivity contribution in [1.29, 1.82) is 0 Å². The van der Waals surface area contributed by atoms with Gasteiger partial charge in [0.1, 0.15) is 18.1 Å². The summed E-state index contributed by atoms with van der Waals surface area (Å²) >= 11 is 0. The van der Waals surface area contributed by atoms with Crippen LogP contribution in [0.2, 0.25) is 0 Å². The van der Waals surface area contributed by atoms with E-state index >= 15 is 0 Å². The van der Waals surface area contributed by atoms with Crippen LogP contribution in [0.3, 0.4) is 0 Å². The van der Waals surface area contributed by atoms with Crippen molar-refractivity contribution in [2.45, 2.75) is 84.2 Å². The van der Waals surface area contributed by atoms with Crippen molar-refractivity contribution in [3.05, 3.63) is 48.5 Å². The third kappa shape index (κ3) is 7.15. The van der Waals surface area contributed by atoms with Gasteiger partial charge in [0.25, 0.3) is 0 Å². The highest BCUT2D eigenvalue weighted by atomic mass is 16.5. The summed E-state index contributed by atoms with van der Waals surface area (Å²) in [6.07, 6.45) is 11.0. The SMILES string of the molecule is CCOc1ccc(Nc2ccc(OCCN(C3CCC(C)CC3)C3CCC(C)CC3)cc2)cc1. The molecule has 4 rings (SSSR count). The summed E-state index contributed by atoms with van der Waals surface area (Å²) in [5.74, 6) is 3.65. The van der Waals surface area contributed by atoms with E-state index in [1.165, 1.54) is 51.4 Å². The van der Waals surface area contributed by atoms with Crippen LogP contribution in [0.4, 0.5) is 11.4 Å². The van der Waals surface area contributed by atoms with Gasteiger partial charge in [-0.1, -0.05) is 13.8 Å². The van der Waals surface area contributed by atoms with Crippen LogP contribution in [-0.4, -0.2) is 36.7 Å². The van der Waals surface area contributed by atoms with Crippen molar-refractivity contribution in [2.24, 2.45) is 11.8 Å². The molecule has 0 heterocycles. The number of rotatable bonds is 10. The van der Waals surface area contributed by atoms with Crippen LogP contribution in [0, 0.1) is 11.8 Å². The fraction of sp³-hybridized carbons (Fsp3) is 0.600. The summed E-state index contributed by atoms with van der Waals surface area (Å²) in [7, 11) is 0. The second kappa shape index (κ2) is 12.5. The Labute approximate surface area is 207 Å². The lowest BCUT2D eigenvalue weighted by atomic mass is 9.82. The Kier molecular flexibility index (Phi) is 9.15. The molecule has 2 aromatic carbocycles. The maximum atomic E-state index is 6.22. The van der Waals surface area contributed by atoms with Crippen LogP contribution >= 0.6 is 0 Å². The van der Waals surface area contributed by atoms with Crippen molar-refractivity contribution >= 4 is 11.4 Å². The highest BCUT2D eigenvalue weighted by Crippen LogP contribution is 2.33. The van der Waals surface area contributed by atoms with Gasteiger partial charge in [-0.2, -0.15) is 0 Å². The molecular weight excluding hydrogens is 420 g/mol. The van der Waals surface area contributed by atoms with E-state index < -0.39 is 0 Å². The first-order valence-electron chi connectivity index (χ1n) is 13.6. The van der Waals surface area contributed by atoms with Gasteiger partial charge >= 0.3 is 0 Å². The Morgan fingerprint density at radius 2 is 1.12 bits per heavy atom. The number of anilines is 2. The summed E-state index contributed by atoms with van der Waals surface area (Å²) in [4.78, 5) is 2.83. The first kappa shape index (κ1) is 24.9. The van der Waals surface area contributed by atoms with E-state index in [0.717, 1.165) is 59.9 Å². The molecule has 186 valence electrons. The fourth-order valence-corrected chi connectivity index (χ4v) is 5.68. The number of nitrogens with zero attached hydrogens (tertiary/aromatic N) is 1. The van der Waals surface area contributed by atoms with Crippen LogP contribution in [0.25, 0.3) is 0 Å². The predicted molar refractivity (Wildman–Crippen MR) is 142 cm³/mol. The molecule has 0 spiro atoms. The van der Waals surface area contributed by atoms with E-state index in [-0.39, 0.29) is 0 Å². The molecule has 0 aromatic heterocycles. The molecule has 2 aliphatic rings. The van der Waals surface area contributed by atoms with E-state index in [1.54, 1.807) is 0 Å². The lowest BCUT2D eigenvalue weighted by Gasteiger charge is -2.43. The van der Waals surface area contributed by atoms with Gasteiger partial charge in [-0.3, -0.25) is 4.90 Å². The van der Waals surface area contributed by atoms with Gasteiger partial charge in [0.2, 0.25) is 0 Å². The monoisotopic (exact) mass is 464 g/mol. The topological polar surface area (TPSA) is 33.7 Å². The number of hydrogen-bond donors (Lipinski definition) is 1. The predicted octanol–water partition coefficient (Wildman–Crippen LogP) is 7.67. The van der Waals surface area contributed by atoms with Crippen LogP contribution < -0.4 is 14.8 Å². The molecule has 2 aliphatic carbocycles. The molecule has 0 saturated heterocycles. The van der Waals surface area contributed by atoms with Crippen molar-refractivity contribution in [3.8, 4) is 11.5 Å². The molecule has 2 saturated carbocycles. The molecular formula is C30H44N2O2. The highest BCUT2D eigenvalue weighted by Gasteiger charge is 2.31. The third-order valence-electron chi connectivity index (χ3n) is 7.84. The second-order valence-electron chi connectivity index (χ2n) is 10.5. The van der Waals surface area contributed by atoms with Crippen LogP contribution in [-0.2, 0) is 0 Å². The average molecular weight is 465 g/mol. The Hall–Kier alpha value is -2.20. The maximum Gasteiger partial charge on any atom is 0.119 e. The largest absolute Gasteiger partial charge is 0.494 e. The zero-order valence-electron chi connectivity index (χ0n) is 21.5. The Morgan fingerprint density at radius 1 is 0.676 bits per heavy atom. The minimum Gasteiger partial charge on any atom is -0.494 e. The minimum atomic E-state index is 0.686. The van der Waals surface area contributed by atoms with Crippen molar-refractivity contribution in [2.75, 3.05) is 25.1 Å². The molecule has 2 fully saturated rings. The van der Waals surface area contributed by atoms with Crippen LogP contribution in [0.15, 0.2) is 48.5 Å². The summed E-state index contributed by atoms with van der Waals surface area (Å²) < 4.78 is 11.7. The Morgan fingerprint density at radius 3 is 1.56 bits per heavy atom. The minimum absolute atomic E-state index is 0.686. The summed E-state index contributed by atoms with van der Waals surface area (Å²) in [5.41, 5.74) is 2.11. The van der Waals surface area contributed by atoms with Crippen LogP contribution in [0.5, 0.6) is 11.5 Å². The zero-order chi connectivity index (χ0) is 23.8. The smallest absolute Gasteiger partial charge is 0.119 e. The van der Waals surface area contributed by atoms with E-state index in [2.05, 4.69) is 48.3 Å². The molecule has 4 nitrogen and oxygen atoms in total. The lowest BCUT2D eigenvalue weighted by Crippen LogP contribution is -2.48. The summed E-state index contributed by atoms with van der Waals surface area (Å²) in [6, 6.07) is 17.9. The second-order valence-corrected chi connectivity index (χ2v) is 10.5. The normalized spacial score (nSPS) is 25.2. The van der Waals surface area contributed by atoms with Crippen molar-refractivity contribution in [3.63, 3.8) is 0 Å². The number of hydrogen-bond acceptors (Lipinski definition) is 4. The molecule has 0 bridgehead atoms. The van der Waals surface area contributed by atoms with Gasteiger partial charge in [0.15, 0.2) is 0 Å². The fourth-order valence-electron chi connectivity index (χ4n) is 5.68. The third-order valence-corrected chi connectivity index (χ3v) is 7.84. The Bertz CT molecular complexity index is 813. The number of benzene rings is 2. The first-order valence-corrected chi connectivity index (χ1v) is 13.6. The van der Waals surface area contributed by atoms with Gasteiger partial charge in [-0.05, 0) is 119 Å². The summed E-state index contributed by atoms with van der Waals surface area (Å²) in [6.45, 7) is 9.33. The number of nitrogens with one attached hydrogen (secondary N) is 1. The van der Waals surface area contributed by atoms with Crippen LogP contribution in [0.1, 0.15) is 72.1 Å².